The average molecular weight is 274 g/mol. The molecule has 0 spiro atoms. The van der Waals surface area contributed by atoms with Gasteiger partial charge in [0.05, 0.1) is 0 Å². The van der Waals surface area contributed by atoms with Gasteiger partial charge in [-0.25, -0.2) is 9.59 Å². The molecule has 1 aliphatic rings. The van der Waals surface area contributed by atoms with E-state index in [4.69, 9.17) is 10.2 Å². The number of carbonyl (C=O) groups is 2. The van der Waals surface area contributed by atoms with Gasteiger partial charge in [0.25, 0.3) is 0 Å². The van der Waals surface area contributed by atoms with Crippen molar-refractivity contribution in [3.8, 4) is 0 Å². The Hall–Kier alpha value is -1.38. The smallest absolute Gasteiger partial charge is 0.326 e. The summed E-state index contributed by atoms with van der Waals surface area (Å²) in [6.07, 6.45) is 0.000543. The van der Waals surface area contributed by atoms with Crippen molar-refractivity contribution in [3.63, 3.8) is 0 Å². The number of hydrogen-bond acceptors (Lipinski definition) is 5. The third-order valence-electron chi connectivity index (χ3n) is 2.94. The van der Waals surface area contributed by atoms with E-state index in [9.17, 15) is 9.59 Å². The highest BCUT2D eigenvalue weighted by atomic mass is 16.4. The fourth-order valence-electron chi connectivity index (χ4n) is 1.86. The number of urea groups is 1. The molecule has 1 heterocycles. The molecule has 8 nitrogen and oxygen atoms in total. The summed E-state index contributed by atoms with van der Waals surface area (Å²) in [5.74, 6) is -1.15. The molecule has 1 fully saturated rings. The molecule has 1 rings (SSSR count). The molecule has 0 bridgehead atoms. The summed E-state index contributed by atoms with van der Waals surface area (Å²) in [6.45, 7) is 4.73. The fraction of sp³-hybridized carbons (Fsp3) is 0.818. The lowest BCUT2D eigenvalue weighted by atomic mass is 10.2. The van der Waals surface area contributed by atoms with E-state index < -0.39 is 18.0 Å². The zero-order valence-electron chi connectivity index (χ0n) is 10.9. The summed E-state index contributed by atoms with van der Waals surface area (Å²) < 4.78 is 0. The minimum Gasteiger partial charge on any atom is -0.480 e. The molecule has 1 atom stereocenters. The molecular formula is C11H22N4O4. The van der Waals surface area contributed by atoms with Crippen LogP contribution in [0.4, 0.5) is 4.79 Å². The van der Waals surface area contributed by atoms with Crippen LogP contribution in [-0.2, 0) is 4.79 Å². The highest BCUT2D eigenvalue weighted by molar-refractivity contribution is 5.82. The van der Waals surface area contributed by atoms with Crippen LogP contribution in [0.3, 0.4) is 0 Å². The second-order valence-corrected chi connectivity index (χ2v) is 4.39. The number of carboxylic acids is 1. The number of nitrogens with one attached hydrogen (secondary N) is 3. The molecule has 1 saturated heterocycles. The SMILES string of the molecule is O=C(NCCN1CCNCC1)N[C@@H](CCO)C(=O)O. The van der Waals surface area contributed by atoms with Crippen LogP contribution >= 0.6 is 0 Å². The van der Waals surface area contributed by atoms with Gasteiger partial charge in [0.2, 0.25) is 0 Å². The number of piperazine rings is 1. The number of aliphatic hydroxyl groups is 1. The number of aliphatic carboxylic acids is 1. The van der Waals surface area contributed by atoms with Gasteiger partial charge in [-0.15, -0.1) is 0 Å². The maximum Gasteiger partial charge on any atom is 0.326 e. The number of rotatable bonds is 7. The first-order chi connectivity index (χ1) is 9.13. The summed E-state index contributed by atoms with van der Waals surface area (Å²) >= 11 is 0. The Bertz CT molecular complexity index is 294. The van der Waals surface area contributed by atoms with Crippen molar-refractivity contribution in [2.45, 2.75) is 12.5 Å². The highest BCUT2D eigenvalue weighted by Gasteiger charge is 2.19. The Kier molecular flexibility index (Phi) is 7.16. The van der Waals surface area contributed by atoms with Crippen LogP contribution in [0.15, 0.2) is 0 Å². The molecule has 0 aromatic rings. The predicted octanol–water partition coefficient (Wildman–Crippen LogP) is -1.97. The van der Waals surface area contributed by atoms with Gasteiger partial charge < -0.3 is 26.2 Å². The van der Waals surface area contributed by atoms with Crippen molar-refractivity contribution in [1.82, 2.24) is 20.9 Å². The Morgan fingerprint density at radius 3 is 2.58 bits per heavy atom. The van der Waals surface area contributed by atoms with Crippen molar-refractivity contribution >= 4 is 12.0 Å². The van der Waals surface area contributed by atoms with E-state index in [1.165, 1.54) is 0 Å². The molecule has 2 amide bonds. The van der Waals surface area contributed by atoms with Crippen molar-refractivity contribution in [2.75, 3.05) is 45.9 Å². The van der Waals surface area contributed by atoms with Crippen LogP contribution in [0.1, 0.15) is 6.42 Å². The largest absolute Gasteiger partial charge is 0.480 e. The molecular weight excluding hydrogens is 252 g/mol. The van der Waals surface area contributed by atoms with E-state index >= 15 is 0 Å². The van der Waals surface area contributed by atoms with E-state index in [1.807, 2.05) is 0 Å². The standard InChI is InChI=1S/C11H22N4O4/c16-8-1-9(10(17)18)14-11(19)13-4-7-15-5-2-12-3-6-15/h9,12,16H,1-8H2,(H,17,18)(H2,13,14,19)/t9-/m0/s1. The molecule has 8 heteroatoms. The van der Waals surface area contributed by atoms with E-state index in [-0.39, 0.29) is 13.0 Å². The average Bonchev–Trinajstić information content (AvgIpc) is 2.39. The Morgan fingerprint density at radius 1 is 1.32 bits per heavy atom. The monoisotopic (exact) mass is 274 g/mol. The summed E-state index contributed by atoms with van der Waals surface area (Å²) in [5, 5.41) is 25.7. The third-order valence-corrected chi connectivity index (χ3v) is 2.94. The highest BCUT2D eigenvalue weighted by Crippen LogP contribution is 1.92. The van der Waals surface area contributed by atoms with Gasteiger partial charge in [-0.3, -0.25) is 4.90 Å². The van der Waals surface area contributed by atoms with Crippen molar-refractivity contribution in [2.24, 2.45) is 0 Å². The minimum absolute atomic E-state index is 0.000543. The van der Waals surface area contributed by atoms with Crippen molar-refractivity contribution in [3.05, 3.63) is 0 Å². The molecule has 0 aromatic heterocycles. The van der Waals surface area contributed by atoms with Crippen molar-refractivity contribution in [1.29, 1.82) is 0 Å². The van der Waals surface area contributed by atoms with Gasteiger partial charge in [-0.1, -0.05) is 0 Å². The van der Waals surface area contributed by atoms with Crippen LogP contribution in [0.2, 0.25) is 0 Å². The second kappa shape index (κ2) is 8.68. The van der Waals surface area contributed by atoms with E-state index in [0.29, 0.717) is 6.54 Å². The molecule has 0 radical (unpaired) electrons. The van der Waals surface area contributed by atoms with Crippen LogP contribution in [0.5, 0.6) is 0 Å². The molecule has 0 saturated carbocycles. The fourth-order valence-corrected chi connectivity index (χ4v) is 1.86. The first kappa shape index (κ1) is 15.7. The number of aliphatic hydroxyl groups excluding tert-OH is 1. The predicted molar refractivity (Wildman–Crippen MR) is 69.0 cm³/mol. The first-order valence-corrected chi connectivity index (χ1v) is 6.44. The van der Waals surface area contributed by atoms with Gasteiger partial charge in [0.15, 0.2) is 0 Å². The van der Waals surface area contributed by atoms with E-state index in [2.05, 4.69) is 20.9 Å². The first-order valence-electron chi connectivity index (χ1n) is 6.44. The zero-order valence-corrected chi connectivity index (χ0v) is 10.9. The summed E-state index contributed by atoms with van der Waals surface area (Å²) in [4.78, 5) is 24.5. The molecule has 0 aliphatic carbocycles. The minimum atomic E-state index is -1.15. The zero-order chi connectivity index (χ0) is 14.1. The third kappa shape index (κ3) is 6.37. The van der Waals surface area contributed by atoms with Crippen molar-refractivity contribution < 1.29 is 19.8 Å². The topological polar surface area (TPSA) is 114 Å². The lowest BCUT2D eigenvalue weighted by molar-refractivity contribution is -0.139. The van der Waals surface area contributed by atoms with Gasteiger partial charge in [-0.05, 0) is 0 Å². The Labute approximate surface area is 112 Å². The molecule has 1 aliphatic heterocycles. The molecule has 5 N–H and O–H groups in total. The lowest BCUT2D eigenvalue weighted by Gasteiger charge is -2.27. The number of hydrogen-bond donors (Lipinski definition) is 5. The van der Waals surface area contributed by atoms with Gasteiger partial charge in [0.1, 0.15) is 6.04 Å². The maximum absolute atomic E-state index is 11.5. The number of carbonyl (C=O) groups excluding carboxylic acids is 1. The van der Waals surface area contributed by atoms with Crippen LogP contribution in [0.25, 0.3) is 0 Å². The molecule has 0 unspecified atom stereocenters. The number of carboxylic acid groups (broad SMARTS) is 1. The Balaban J connectivity index is 2.17. The summed E-state index contributed by atoms with van der Waals surface area (Å²) in [7, 11) is 0. The number of nitrogens with zero attached hydrogens (tertiary/aromatic N) is 1. The Morgan fingerprint density at radius 2 is 2.00 bits per heavy atom. The summed E-state index contributed by atoms with van der Waals surface area (Å²) in [5.41, 5.74) is 0. The molecule has 19 heavy (non-hydrogen) atoms. The van der Waals surface area contributed by atoms with Crippen LogP contribution < -0.4 is 16.0 Å². The number of amides is 2. The van der Waals surface area contributed by atoms with E-state index in [1.54, 1.807) is 0 Å². The maximum atomic E-state index is 11.5. The van der Waals surface area contributed by atoms with Gasteiger partial charge >= 0.3 is 12.0 Å². The lowest BCUT2D eigenvalue weighted by Crippen LogP contribution is -2.49. The van der Waals surface area contributed by atoms with Crippen LogP contribution in [-0.4, -0.2) is 79.0 Å². The van der Waals surface area contributed by atoms with E-state index in [0.717, 1.165) is 32.7 Å². The second-order valence-electron chi connectivity index (χ2n) is 4.39. The summed E-state index contributed by atoms with van der Waals surface area (Å²) in [6, 6.07) is -1.57. The normalized spacial score (nSPS) is 17.7. The van der Waals surface area contributed by atoms with Gasteiger partial charge in [-0.2, -0.15) is 0 Å². The molecule has 110 valence electrons. The van der Waals surface area contributed by atoms with Gasteiger partial charge in [0, 0.05) is 52.3 Å². The molecule has 0 aromatic carbocycles. The van der Waals surface area contributed by atoms with Crippen LogP contribution in [0, 0.1) is 0 Å². The quantitative estimate of drug-likeness (QED) is 0.368.